The second kappa shape index (κ2) is 7.37. The molecule has 0 saturated carbocycles. The van der Waals surface area contributed by atoms with Crippen molar-refractivity contribution in [1.82, 2.24) is 4.90 Å². The van der Waals surface area contributed by atoms with Crippen LogP contribution in [-0.2, 0) is 6.61 Å². The lowest BCUT2D eigenvalue weighted by Crippen LogP contribution is -2.37. The molecule has 5 heteroatoms. The summed E-state index contributed by atoms with van der Waals surface area (Å²) in [5.41, 5.74) is 1.03. The summed E-state index contributed by atoms with van der Waals surface area (Å²) >= 11 is 7.35. The normalized spacial score (nSPS) is 15.7. The van der Waals surface area contributed by atoms with Gasteiger partial charge >= 0.3 is 0 Å². The number of likely N-dealkylation sites (tertiary alicyclic amines) is 1. The molecule has 1 saturated heterocycles. The number of rotatable bonds is 4. The summed E-state index contributed by atoms with van der Waals surface area (Å²) in [5.74, 6) is 1.66. The number of nitrogens with zero attached hydrogens (tertiary/aromatic N) is 1. The van der Waals surface area contributed by atoms with Crippen LogP contribution in [0.2, 0.25) is 5.02 Å². The molecule has 1 aliphatic rings. The summed E-state index contributed by atoms with van der Waals surface area (Å²) in [6.07, 6.45) is 2.20. The topological polar surface area (TPSA) is 29.5 Å². The third-order valence-electron chi connectivity index (χ3n) is 4.15. The van der Waals surface area contributed by atoms with Gasteiger partial charge in [0.25, 0.3) is 5.91 Å². The summed E-state index contributed by atoms with van der Waals surface area (Å²) < 4.78 is 5.72. The van der Waals surface area contributed by atoms with Gasteiger partial charge in [-0.3, -0.25) is 4.79 Å². The van der Waals surface area contributed by atoms with Crippen molar-refractivity contribution in [2.45, 2.75) is 26.4 Å². The van der Waals surface area contributed by atoms with E-state index in [0.29, 0.717) is 11.6 Å². The van der Waals surface area contributed by atoms with Crippen LogP contribution in [0.25, 0.3) is 0 Å². The van der Waals surface area contributed by atoms with Gasteiger partial charge < -0.3 is 9.64 Å². The van der Waals surface area contributed by atoms with Crippen molar-refractivity contribution in [3.63, 3.8) is 0 Å². The maximum absolute atomic E-state index is 12.5. The number of benzene rings is 1. The van der Waals surface area contributed by atoms with E-state index in [4.69, 9.17) is 16.3 Å². The van der Waals surface area contributed by atoms with Gasteiger partial charge in [-0.15, -0.1) is 11.3 Å². The Morgan fingerprint density at radius 2 is 2.00 bits per heavy atom. The molecule has 1 aromatic heterocycles. The van der Waals surface area contributed by atoms with Gasteiger partial charge in [0.15, 0.2) is 0 Å². The first-order valence-corrected chi connectivity index (χ1v) is 9.12. The number of thiophene rings is 1. The lowest BCUT2D eigenvalue weighted by Gasteiger charge is -2.29. The molecule has 3 nitrogen and oxygen atoms in total. The van der Waals surface area contributed by atoms with E-state index < -0.39 is 0 Å². The summed E-state index contributed by atoms with van der Waals surface area (Å²) in [7, 11) is 0. The van der Waals surface area contributed by atoms with Gasteiger partial charge in [0.1, 0.15) is 12.4 Å². The zero-order chi connectivity index (χ0) is 16.2. The van der Waals surface area contributed by atoms with Crippen LogP contribution in [0.4, 0.5) is 0 Å². The summed E-state index contributed by atoms with van der Waals surface area (Å²) in [4.78, 5) is 15.3. The summed E-state index contributed by atoms with van der Waals surface area (Å²) in [5, 5.41) is 2.69. The van der Waals surface area contributed by atoms with Crippen LogP contribution in [0.3, 0.4) is 0 Å². The minimum absolute atomic E-state index is 0.152. The fourth-order valence-electron chi connectivity index (χ4n) is 2.63. The van der Waals surface area contributed by atoms with E-state index in [9.17, 15) is 4.79 Å². The van der Waals surface area contributed by atoms with Crippen LogP contribution in [0.5, 0.6) is 5.75 Å². The Labute approximate surface area is 145 Å². The van der Waals surface area contributed by atoms with E-state index in [1.54, 1.807) is 12.1 Å². The lowest BCUT2D eigenvalue weighted by atomic mass is 9.99. The Hall–Kier alpha value is -1.52. The number of hydrogen-bond acceptors (Lipinski definition) is 3. The first-order chi connectivity index (χ1) is 11.1. The third-order valence-corrected chi connectivity index (χ3v) is 5.37. The fraction of sp³-hybridized carbons (Fsp3) is 0.389. The number of halogens is 1. The van der Waals surface area contributed by atoms with Crippen LogP contribution in [0.15, 0.2) is 35.7 Å². The maximum Gasteiger partial charge on any atom is 0.263 e. The molecule has 1 fully saturated rings. The van der Waals surface area contributed by atoms with Gasteiger partial charge in [0.2, 0.25) is 0 Å². The van der Waals surface area contributed by atoms with E-state index in [2.05, 4.69) is 6.92 Å². The molecule has 0 atom stereocenters. The quantitative estimate of drug-likeness (QED) is 0.789. The molecule has 0 bridgehead atoms. The van der Waals surface area contributed by atoms with E-state index in [1.165, 1.54) is 11.3 Å². The summed E-state index contributed by atoms with van der Waals surface area (Å²) in [6, 6.07) is 9.24. The molecular weight excluding hydrogens is 330 g/mol. The molecule has 0 aliphatic carbocycles. The van der Waals surface area contributed by atoms with E-state index in [0.717, 1.165) is 48.0 Å². The van der Waals surface area contributed by atoms with E-state index in [1.807, 2.05) is 28.5 Å². The average Bonchev–Trinajstić information content (AvgIpc) is 3.03. The van der Waals surface area contributed by atoms with Crippen LogP contribution in [0.1, 0.15) is 35.0 Å². The maximum atomic E-state index is 12.5. The molecule has 0 spiro atoms. The second-order valence-electron chi connectivity index (χ2n) is 6.04. The van der Waals surface area contributed by atoms with Gasteiger partial charge in [0.05, 0.1) is 4.88 Å². The molecule has 2 aromatic rings. The Kier molecular flexibility index (Phi) is 5.23. The van der Waals surface area contributed by atoms with Crippen molar-refractivity contribution in [3.05, 3.63) is 51.2 Å². The molecule has 122 valence electrons. The first kappa shape index (κ1) is 16.3. The predicted molar refractivity (Wildman–Crippen MR) is 94.4 cm³/mol. The Balaban J connectivity index is 1.57. The number of hydrogen-bond donors (Lipinski definition) is 0. The molecule has 23 heavy (non-hydrogen) atoms. The SMILES string of the molecule is CC1CCN(C(=O)c2cc(COc3ccc(Cl)cc3)cs2)CC1. The monoisotopic (exact) mass is 349 g/mol. The molecule has 0 unspecified atom stereocenters. The van der Waals surface area contributed by atoms with Crippen molar-refractivity contribution in [2.75, 3.05) is 13.1 Å². The minimum Gasteiger partial charge on any atom is -0.489 e. The highest BCUT2D eigenvalue weighted by Gasteiger charge is 2.22. The summed E-state index contributed by atoms with van der Waals surface area (Å²) in [6.45, 7) is 4.45. The predicted octanol–water partition coefficient (Wildman–Crippen LogP) is 4.85. The molecule has 0 N–H and O–H groups in total. The van der Waals surface area contributed by atoms with Crippen LogP contribution in [-0.4, -0.2) is 23.9 Å². The highest BCUT2D eigenvalue weighted by Crippen LogP contribution is 2.23. The van der Waals surface area contributed by atoms with Crippen molar-refractivity contribution in [3.8, 4) is 5.75 Å². The highest BCUT2D eigenvalue weighted by atomic mass is 35.5. The number of carbonyl (C=O) groups excluding carboxylic acids is 1. The number of carbonyl (C=O) groups is 1. The number of ether oxygens (including phenoxy) is 1. The van der Waals surface area contributed by atoms with Crippen molar-refractivity contribution >= 4 is 28.8 Å². The molecule has 3 rings (SSSR count). The van der Waals surface area contributed by atoms with Gasteiger partial charge in [-0.05, 0) is 54.5 Å². The standard InChI is InChI=1S/C18H20ClNO2S/c1-13-6-8-20(9-7-13)18(21)17-10-14(12-23-17)11-22-16-4-2-15(19)3-5-16/h2-5,10,12-13H,6-9,11H2,1H3. The van der Waals surface area contributed by atoms with Gasteiger partial charge in [0, 0.05) is 23.7 Å². The third kappa shape index (κ3) is 4.27. The lowest BCUT2D eigenvalue weighted by molar-refractivity contribution is 0.0702. The van der Waals surface area contributed by atoms with Crippen LogP contribution in [0, 0.1) is 5.92 Å². The Bertz CT molecular complexity index is 660. The van der Waals surface area contributed by atoms with Gasteiger partial charge in [-0.2, -0.15) is 0 Å². The van der Waals surface area contributed by atoms with E-state index >= 15 is 0 Å². The van der Waals surface area contributed by atoms with Crippen molar-refractivity contribution < 1.29 is 9.53 Å². The zero-order valence-electron chi connectivity index (χ0n) is 13.1. The molecule has 0 radical (unpaired) electrons. The second-order valence-corrected chi connectivity index (χ2v) is 7.38. The van der Waals surface area contributed by atoms with Gasteiger partial charge in [-0.1, -0.05) is 18.5 Å². The average molecular weight is 350 g/mol. The van der Waals surface area contributed by atoms with E-state index in [-0.39, 0.29) is 5.91 Å². The van der Waals surface area contributed by atoms with Gasteiger partial charge in [-0.25, -0.2) is 0 Å². The number of amides is 1. The Morgan fingerprint density at radius 3 is 2.70 bits per heavy atom. The zero-order valence-corrected chi connectivity index (χ0v) is 14.7. The van der Waals surface area contributed by atoms with Crippen molar-refractivity contribution in [2.24, 2.45) is 5.92 Å². The molecule has 1 amide bonds. The molecule has 2 heterocycles. The smallest absolute Gasteiger partial charge is 0.263 e. The Morgan fingerprint density at radius 1 is 1.30 bits per heavy atom. The minimum atomic E-state index is 0.152. The van der Waals surface area contributed by atoms with Crippen LogP contribution >= 0.6 is 22.9 Å². The largest absolute Gasteiger partial charge is 0.489 e. The first-order valence-electron chi connectivity index (χ1n) is 7.87. The fourth-order valence-corrected chi connectivity index (χ4v) is 3.62. The molecular formula is C18H20ClNO2S. The van der Waals surface area contributed by atoms with Crippen molar-refractivity contribution in [1.29, 1.82) is 0 Å². The molecule has 1 aromatic carbocycles. The highest BCUT2D eigenvalue weighted by molar-refractivity contribution is 7.12. The number of piperidine rings is 1. The molecule has 1 aliphatic heterocycles. The van der Waals surface area contributed by atoms with Crippen LogP contribution < -0.4 is 4.74 Å².